The molecular weight excluding hydrogens is 458 g/mol. The summed E-state index contributed by atoms with van der Waals surface area (Å²) < 4.78 is 34.1. The molecule has 4 rings (SSSR count). The van der Waals surface area contributed by atoms with Crippen molar-refractivity contribution in [2.45, 2.75) is 36.1 Å². The molecule has 2 heterocycles. The highest BCUT2D eigenvalue weighted by Gasteiger charge is 2.25. The number of ether oxygens (including phenoxy) is 1. The van der Waals surface area contributed by atoms with Crippen molar-refractivity contribution in [1.29, 1.82) is 0 Å². The van der Waals surface area contributed by atoms with E-state index in [0.29, 0.717) is 23.9 Å². The molecule has 2 N–H and O–H groups in total. The molecule has 33 heavy (non-hydrogen) atoms. The molecule has 2 aliphatic heterocycles. The fourth-order valence-corrected chi connectivity index (χ4v) is 6.33. The summed E-state index contributed by atoms with van der Waals surface area (Å²) in [5.41, 5.74) is 1.74. The Balaban J connectivity index is 1.32. The van der Waals surface area contributed by atoms with Crippen molar-refractivity contribution >= 4 is 33.4 Å². The first-order valence-corrected chi connectivity index (χ1v) is 13.7. The number of para-hydroxylation sites is 1. The third kappa shape index (κ3) is 5.90. The van der Waals surface area contributed by atoms with E-state index in [-0.39, 0.29) is 16.7 Å². The number of sulfonamides is 1. The number of piperidine rings is 1. The third-order valence-corrected chi connectivity index (χ3v) is 9.07. The normalized spacial score (nSPS) is 20.1. The highest BCUT2D eigenvalue weighted by Crippen LogP contribution is 2.34. The van der Waals surface area contributed by atoms with Crippen LogP contribution in [0.15, 0.2) is 52.3 Å². The van der Waals surface area contributed by atoms with Gasteiger partial charge < -0.3 is 10.1 Å². The molecule has 1 fully saturated rings. The molecular formula is C24H31N3O4S2. The van der Waals surface area contributed by atoms with Crippen molar-refractivity contribution in [2.24, 2.45) is 11.8 Å². The van der Waals surface area contributed by atoms with Gasteiger partial charge in [0.05, 0.1) is 17.7 Å². The molecule has 2 aromatic rings. The highest BCUT2D eigenvalue weighted by molar-refractivity contribution is 7.99. The number of rotatable bonds is 7. The van der Waals surface area contributed by atoms with Crippen LogP contribution >= 0.6 is 11.8 Å². The van der Waals surface area contributed by atoms with Crippen LogP contribution in [0.2, 0.25) is 0 Å². The largest absolute Gasteiger partial charge is 0.496 e. The van der Waals surface area contributed by atoms with Gasteiger partial charge in [-0.15, -0.1) is 11.8 Å². The standard InChI is InChI=1S/C24H31N3O4S2/c1-17-16-32-23-8-7-20(13-21(23)26-24(17)28)33(29,30)25-14-18-9-11-27(12-10-18)15-19-5-3-4-6-22(19)31-2/h3-8,13,17-18,25H,9-12,14-16H2,1-2H3,(H,26,28)/t17-/m0/s1. The number of benzene rings is 2. The summed E-state index contributed by atoms with van der Waals surface area (Å²) in [5.74, 6) is 1.68. The average molecular weight is 490 g/mol. The lowest BCUT2D eigenvalue weighted by Crippen LogP contribution is -2.38. The van der Waals surface area contributed by atoms with Crippen LogP contribution in [-0.4, -0.2) is 51.7 Å². The molecule has 2 aromatic carbocycles. The quantitative estimate of drug-likeness (QED) is 0.618. The zero-order valence-corrected chi connectivity index (χ0v) is 20.7. The summed E-state index contributed by atoms with van der Waals surface area (Å²) in [6, 6.07) is 13.0. The molecule has 2 aliphatic rings. The van der Waals surface area contributed by atoms with Gasteiger partial charge in [0.15, 0.2) is 0 Å². The van der Waals surface area contributed by atoms with Crippen molar-refractivity contribution < 1.29 is 17.9 Å². The molecule has 0 radical (unpaired) electrons. The van der Waals surface area contributed by atoms with Gasteiger partial charge in [0.1, 0.15) is 5.75 Å². The Labute approximate surface area is 200 Å². The maximum absolute atomic E-state index is 12.9. The van der Waals surface area contributed by atoms with E-state index in [1.807, 2.05) is 25.1 Å². The van der Waals surface area contributed by atoms with Gasteiger partial charge in [0, 0.05) is 35.2 Å². The second-order valence-electron chi connectivity index (χ2n) is 8.74. The van der Waals surface area contributed by atoms with Crippen LogP contribution in [0, 0.1) is 11.8 Å². The molecule has 9 heteroatoms. The van der Waals surface area contributed by atoms with Crippen LogP contribution in [0.5, 0.6) is 5.75 Å². The maximum Gasteiger partial charge on any atom is 0.240 e. The number of carbonyl (C=O) groups is 1. The lowest BCUT2D eigenvalue weighted by molar-refractivity contribution is -0.118. The summed E-state index contributed by atoms with van der Waals surface area (Å²) in [6.07, 6.45) is 1.87. The molecule has 1 amide bonds. The molecule has 0 unspecified atom stereocenters. The van der Waals surface area contributed by atoms with Crippen LogP contribution in [0.25, 0.3) is 0 Å². The number of thioether (sulfide) groups is 1. The average Bonchev–Trinajstić information content (AvgIpc) is 2.96. The Morgan fingerprint density at radius 1 is 1.18 bits per heavy atom. The lowest BCUT2D eigenvalue weighted by atomic mass is 9.97. The topological polar surface area (TPSA) is 87.7 Å². The van der Waals surface area contributed by atoms with Crippen molar-refractivity contribution in [3.63, 3.8) is 0 Å². The zero-order chi connectivity index (χ0) is 23.4. The first kappa shape index (κ1) is 24.1. The Morgan fingerprint density at radius 3 is 2.70 bits per heavy atom. The van der Waals surface area contributed by atoms with E-state index in [9.17, 15) is 13.2 Å². The van der Waals surface area contributed by atoms with Crippen LogP contribution in [-0.2, 0) is 21.4 Å². The number of methoxy groups -OCH3 is 1. The van der Waals surface area contributed by atoms with Crippen LogP contribution < -0.4 is 14.8 Å². The fourth-order valence-electron chi connectivity index (χ4n) is 4.18. The van der Waals surface area contributed by atoms with E-state index in [0.717, 1.165) is 43.1 Å². The molecule has 0 saturated carbocycles. The number of nitrogens with one attached hydrogen (secondary N) is 2. The molecule has 0 aromatic heterocycles. The number of fused-ring (bicyclic) bond motifs is 1. The smallest absolute Gasteiger partial charge is 0.240 e. The van der Waals surface area contributed by atoms with Gasteiger partial charge >= 0.3 is 0 Å². The number of anilines is 1. The molecule has 0 aliphatic carbocycles. The van der Waals surface area contributed by atoms with Gasteiger partial charge in [-0.25, -0.2) is 13.1 Å². The van der Waals surface area contributed by atoms with E-state index >= 15 is 0 Å². The molecule has 7 nitrogen and oxygen atoms in total. The summed E-state index contributed by atoms with van der Waals surface area (Å²) >= 11 is 1.57. The minimum atomic E-state index is -3.65. The second-order valence-corrected chi connectivity index (χ2v) is 11.6. The first-order valence-electron chi connectivity index (χ1n) is 11.3. The second kappa shape index (κ2) is 10.5. The molecule has 0 bridgehead atoms. The van der Waals surface area contributed by atoms with Gasteiger partial charge in [0.25, 0.3) is 0 Å². The summed E-state index contributed by atoms with van der Waals surface area (Å²) in [4.78, 5) is 15.6. The number of hydrogen-bond acceptors (Lipinski definition) is 6. The predicted octanol–water partition coefficient (Wildman–Crippen LogP) is 3.57. The fraction of sp³-hybridized carbons (Fsp3) is 0.458. The Morgan fingerprint density at radius 2 is 1.94 bits per heavy atom. The molecule has 0 spiro atoms. The van der Waals surface area contributed by atoms with Gasteiger partial charge in [0.2, 0.25) is 15.9 Å². The Hall–Kier alpha value is -2.07. The van der Waals surface area contributed by atoms with Crippen molar-refractivity contribution in [1.82, 2.24) is 9.62 Å². The molecule has 178 valence electrons. The number of carbonyl (C=O) groups excluding carboxylic acids is 1. The lowest BCUT2D eigenvalue weighted by Gasteiger charge is -2.32. The maximum atomic E-state index is 12.9. The minimum Gasteiger partial charge on any atom is -0.496 e. The van der Waals surface area contributed by atoms with Crippen LogP contribution in [0.4, 0.5) is 5.69 Å². The van der Waals surface area contributed by atoms with Crippen LogP contribution in [0.3, 0.4) is 0 Å². The highest BCUT2D eigenvalue weighted by atomic mass is 32.2. The van der Waals surface area contributed by atoms with E-state index in [1.54, 1.807) is 37.1 Å². The minimum absolute atomic E-state index is 0.0800. The summed E-state index contributed by atoms with van der Waals surface area (Å²) in [5, 5.41) is 2.86. The number of likely N-dealkylation sites (tertiary alicyclic amines) is 1. The van der Waals surface area contributed by atoms with Crippen molar-refractivity contribution in [3.8, 4) is 5.75 Å². The van der Waals surface area contributed by atoms with E-state index < -0.39 is 10.0 Å². The number of hydrogen-bond donors (Lipinski definition) is 2. The Bertz CT molecular complexity index is 1100. The summed E-state index contributed by atoms with van der Waals surface area (Å²) in [7, 11) is -1.96. The van der Waals surface area contributed by atoms with E-state index in [2.05, 4.69) is 21.0 Å². The van der Waals surface area contributed by atoms with E-state index in [1.165, 1.54) is 5.56 Å². The molecule has 1 atom stereocenters. The van der Waals surface area contributed by atoms with Gasteiger partial charge in [-0.2, -0.15) is 0 Å². The SMILES string of the molecule is COc1ccccc1CN1CCC(CNS(=O)(=O)c2ccc3c(c2)NC(=O)[C@@H](C)CS3)CC1. The summed E-state index contributed by atoms with van der Waals surface area (Å²) in [6.45, 7) is 4.96. The van der Waals surface area contributed by atoms with Crippen molar-refractivity contribution in [3.05, 3.63) is 48.0 Å². The first-order chi connectivity index (χ1) is 15.9. The van der Waals surface area contributed by atoms with Gasteiger partial charge in [-0.05, 0) is 56.1 Å². The molecule has 1 saturated heterocycles. The zero-order valence-electron chi connectivity index (χ0n) is 19.0. The predicted molar refractivity (Wildman–Crippen MR) is 131 cm³/mol. The third-order valence-electron chi connectivity index (χ3n) is 6.31. The number of nitrogens with zero attached hydrogens (tertiary/aromatic N) is 1. The van der Waals surface area contributed by atoms with Gasteiger partial charge in [-0.1, -0.05) is 25.1 Å². The van der Waals surface area contributed by atoms with Gasteiger partial charge in [-0.3, -0.25) is 9.69 Å². The monoisotopic (exact) mass is 489 g/mol. The van der Waals surface area contributed by atoms with E-state index in [4.69, 9.17) is 4.74 Å². The van der Waals surface area contributed by atoms with Crippen LogP contribution in [0.1, 0.15) is 25.3 Å². The number of amides is 1. The Kier molecular flexibility index (Phi) is 7.63. The van der Waals surface area contributed by atoms with Crippen molar-refractivity contribution in [2.75, 3.05) is 37.8 Å².